The Kier molecular flexibility index (Phi) is 68.1. The maximum atomic E-state index is 13.0. The van der Waals surface area contributed by atoms with Crippen molar-refractivity contribution in [2.24, 2.45) is 0 Å². The molecule has 90 heavy (non-hydrogen) atoms. The number of hydrogen-bond acceptors (Lipinski definition) is 8. The van der Waals surface area contributed by atoms with Gasteiger partial charge in [0.2, 0.25) is 0 Å². The van der Waals surface area contributed by atoms with Crippen molar-refractivity contribution in [1.82, 2.24) is 0 Å². The third-order valence-corrected chi connectivity index (χ3v) is 16.6. The van der Waals surface area contributed by atoms with Crippen molar-refractivity contribution >= 4 is 17.9 Å². The van der Waals surface area contributed by atoms with Crippen molar-refractivity contribution in [3.63, 3.8) is 0 Å². The fourth-order valence-electron chi connectivity index (χ4n) is 10.9. The highest BCUT2D eigenvalue weighted by Gasteiger charge is 2.22. The van der Waals surface area contributed by atoms with Gasteiger partial charge in [0, 0.05) is 12.8 Å². The number of rotatable bonds is 70. The molecule has 0 aliphatic heterocycles. The van der Waals surface area contributed by atoms with E-state index in [0.29, 0.717) is 23.9 Å². The second-order valence-corrected chi connectivity index (χ2v) is 26.6. The number of allylic oxidation sites excluding steroid dienone is 16. The summed E-state index contributed by atoms with van der Waals surface area (Å²) in [5.41, 5.74) is 0. The van der Waals surface area contributed by atoms with E-state index < -0.39 is 24.3 Å². The molecule has 0 saturated carbocycles. The predicted molar refractivity (Wildman–Crippen MR) is 384 cm³/mol. The van der Waals surface area contributed by atoms with Crippen molar-refractivity contribution < 1.29 is 42.9 Å². The van der Waals surface area contributed by atoms with Gasteiger partial charge >= 0.3 is 11.9 Å². The Bertz CT molecular complexity index is 1800. The van der Waals surface area contributed by atoms with Crippen molar-refractivity contribution in [3.05, 3.63) is 97.2 Å². The van der Waals surface area contributed by atoms with Gasteiger partial charge in [-0.1, -0.05) is 349 Å². The summed E-state index contributed by atoms with van der Waals surface area (Å²) in [7, 11) is 5.94. The van der Waals surface area contributed by atoms with Crippen LogP contribution in [0.15, 0.2) is 97.2 Å². The summed E-state index contributed by atoms with van der Waals surface area (Å²) >= 11 is 0. The summed E-state index contributed by atoms with van der Waals surface area (Å²) in [4.78, 5) is 37.6. The molecule has 0 aliphatic carbocycles. The van der Waals surface area contributed by atoms with E-state index in [4.69, 9.17) is 18.9 Å². The lowest BCUT2D eigenvalue weighted by molar-refractivity contribution is -0.870. The third-order valence-electron chi connectivity index (χ3n) is 16.6. The quantitative estimate of drug-likeness (QED) is 0.0195. The molecule has 0 radical (unpaired) electrons. The third kappa shape index (κ3) is 71.6. The molecule has 0 aromatic heterocycles. The molecule has 0 saturated heterocycles. The van der Waals surface area contributed by atoms with Crippen LogP contribution >= 0.6 is 0 Å². The van der Waals surface area contributed by atoms with Crippen LogP contribution in [0.5, 0.6) is 0 Å². The average molecular weight is 1260 g/mol. The maximum Gasteiger partial charge on any atom is 0.306 e. The number of likely N-dealkylation sites (N-methyl/N-ethyl adjacent to an activating group) is 1. The van der Waals surface area contributed by atoms with E-state index in [2.05, 4.69) is 111 Å². The van der Waals surface area contributed by atoms with Crippen LogP contribution in [0.3, 0.4) is 0 Å². The normalized spacial score (nSPS) is 13.2. The molecular formula is C81H143NO8. The second-order valence-electron chi connectivity index (χ2n) is 26.6. The van der Waals surface area contributed by atoms with E-state index in [1.807, 2.05) is 21.1 Å². The number of unbranched alkanes of at least 4 members (excludes halogenated alkanes) is 39. The van der Waals surface area contributed by atoms with Crippen LogP contribution in [0.2, 0.25) is 0 Å². The fourth-order valence-corrected chi connectivity index (χ4v) is 10.9. The number of carboxylic acid groups (broad SMARTS) is 1. The molecule has 0 fully saturated rings. The van der Waals surface area contributed by atoms with Gasteiger partial charge in [-0.3, -0.25) is 9.59 Å². The van der Waals surface area contributed by atoms with E-state index in [1.54, 1.807) is 0 Å². The minimum atomic E-state index is -1.63. The Balaban J connectivity index is 4.09. The molecule has 0 aromatic rings. The molecule has 0 aliphatic rings. The molecule has 9 heteroatoms. The van der Waals surface area contributed by atoms with Gasteiger partial charge in [-0.25, -0.2) is 0 Å². The standard InChI is InChI=1S/C81H143NO8/c1-6-8-10-12-14-16-18-20-22-24-26-28-30-32-34-36-38-39-40-41-42-44-46-48-50-52-54-56-58-60-62-64-66-68-70-72-79(84)90-77(76-89-81(80(85)86)87-74-73-82(3,4)5)75-88-78(83)71-69-67-65-63-61-59-57-55-53-51-49-47-45-43-37-35-33-31-29-27-25-23-21-19-17-15-13-11-9-7-2/h8,10,14,16,20,22,26,28,32,34,38-39,41-42,46,48,77,81H,6-7,9,11-13,15,17-19,21,23-25,27,29-31,33,35-37,40,43-45,47,49-76H2,1-5H3/b10-8-,16-14-,22-20-,28-26-,34-32-,39-38-,42-41-,48-46-. The van der Waals surface area contributed by atoms with Gasteiger partial charge in [-0.2, -0.15) is 0 Å². The predicted octanol–water partition coefficient (Wildman–Crippen LogP) is 22.6. The van der Waals surface area contributed by atoms with Crippen LogP contribution in [0.25, 0.3) is 0 Å². The summed E-state index contributed by atoms with van der Waals surface area (Å²) in [5, 5.41) is 11.8. The lowest BCUT2D eigenvalue weighted by atomic mass is 10.0. The van der Waals surface area contributed by atoms with E-state index >= 15 is 0 Å². The number of ether oxygens (including phenoxy) is 4. The summed E-state index contributed by atoms with van der Waals surface area (Å²) in [5.74, 6) is -2.28. The Labute approximate surface area is 556 Å². The Morgan fingerprint density at radius 2 is 0.633 bits per heavy atom. The molecule has 0 aromatic carbocycles. The number of carboxylic acids is 1. The molecule has 0 amide bonds. The second kappa shape index (κ2) is 71.1. The molecule has 0 heterocycles. The molecule has 2 atom stereocenters. The van der Waals surface area contributed by atoms with Gasteiger partial charge in [0.05, 0.1) is 40.3 Å². The van der Waals surface area contributed by atoms with E-state index in [1.165, 1.54) is 212 Å². The Morgan fingerprint density at radius 3 is 0.944 bits per heavy atom. The van der Waals surface area contributed by atoms with E-state index in [-0.39, 0.29) is 32.2 Å². The maximum absolute atomic E-state index is 13.0. The topological polar surface area (TPSA) is 111 Å². The summed E-state index contributed by atoms with van der Waals surface area (Å²) in [6, 6.07) is 0. The summed E-state index contributed by atoms with van der Waals surface area (Å²) in [6.45, 7) is 4.67. The zero-order valence-corrected chi connectivity index (χ0v) is 59.5. The van der Waals surface area contributed by atoms with Gasteiger partial charge in [-0.15, -0.1) is 0 Å². The van der Waals surface area contributed by atoms with Crippen LogP contribution in [0.1, 0.15) is 341 Å². The van der Waals surface area contributed by atoms with Gasteiger partial charge in [0.15, 0.2) is 12.4 Å². The zero-order valence-electron chi connectivity index (χ0n) is 59.5. The average Bonchev–Trinajstić information content (AvgIpc) is 3.73. The number of aliphatic carboxylic acids is 1. The first kappa shape index (κ1) is 86.2. The summed E-state index contributed by atoms with van der Waals surface area (Å²) in [6.07, 6.45) is 95.1. The van der Waals surface area contributed by atoms with Crippen molar-refractivity contribution in [3.8, 4) is 0 Å². The SMILES string of the molecule is CC/C=C\C/C=C\C/C=C\C/C=C\C/C=C\C/C=C\C/C=C\C/C=C\CCCCCCCCCCCCC(=O)OC(COC(=O)CCCCCCCCCCCCCCCCCCCCCCCCCCCCCCCC)COC(OCC[N+](C)(C)C)C(=O)[O-]. The van der Waals surface area contributed by atoms with Crippen LogP contribution in [-0.4, -0.2) is 82.3 Å². The van der Waals surface area contributed by atoms with E-state index in [9.17, 15) is 19.5 Å². The van der Waals surface area contributed by atoms with Crippen molar-refractivity contribution in [2.75, 3.05) is 47.5 Å². The highest BCUT2D eigenvalue weighted by molar-refractivity contribution is 5.70. The van der Waals surface area contributed by atoms with Crippen LogP contribution in [0.4, 0.5) is 0 Å². The number of hydrogen-bond donors (Lipinski definition) is 0. The zero-order chi connectivity index (χ0) is 65.4. The first-order chi connectivity index (χ1) is 44.1. The first-order valence-corrected chi connectivity index (χ1v) is 37.9. The molecule has 520 valence electrons. The highest BCUT2D eigenvalue weighted by Crippen LogP contribution is 2.19. The highest BCUT2D eigenvalue weighted by atomic mass is 16.7. The van der Waals surface area contributed by atoms with Crippen LogP contribution < -0.4 is 5.11 Å². The molecule has 0 N–H and O–H groups in total. The van der Waals surface area contributed by atoms with E-state index in [0.717, 1.165) is 96.3 Å². The lowest BCUT2D eigenvalue weighted by Crippen LogP contribution is -2.44. The van der Waals surface area contributed by atoms with Gasteiger partial charge in [0.1, 0.15) is 13.2 Å². The molecule has 0 bridgehead atoms. The summed E-state index contributed by atoms with van der Waals surface area (Å²) < 4.78 is 22.8. The van der Waals surface area contributed by atoms with Gasteiger partial charge in [0.25, 0.3) is 0 Å². The largest absolute Gasteiger partial charge is 0.545 e. The number of quaternary nitrogens is 1. The monoisotopic (exact) mass is 1260 g/mol. The minimum Gasteiger partial charge on any atom is -0.545 e. The van der Waals surface area contributed by atoms with Crippen LogP contribution in [-0.2, 0) is 33.3 Å². The Hall–Kier alpha value is -3.79. The number of carbonyl (C=O) groups excluding carboxylic acids is 3. The number of esters is 2. The lowest BCUT2D eigenvalue weighted by Gasteiger charge is -2.26. The van der Waals surface area contributed by atoms with Gasteiger partial charge < -0.3 is 33.3 Å². The van der Waals surface area contributed by atoms with Crippen LogP contribution in [0, 0.1) is 0 Å². The molecule has 0 spiro atoms. The smallest absolute Gasteiger partial charge is 0.306 e. The molecule has 9 nitrogen and oxygen atoms in total. The fraction of sp³-hybridized carbons (Fsp3) is 0.765. The number of nitrogens with zero attached hydrogens (tertiary/aromatic N) is 1. The first-order valence-electron chi connectivity index (χ1n) is 37.9. The minimum absolute atomic E-state index is 0.145. The molecule has 0 rings (SSSR count). The van der Waals surface area contributed by atoms with Crippen molar-refractivity contribution in [2.45, 2.75) is 354 Å². The van der Waals surface area contributed by atoms with Crippen molar-refractivity contribution in [1.29, 1.82) is 0 Å². The molecular weight excluding hydrogens is 1110 g/mol. The number of carbonyl (C=O) groups is 3. The Morgan fingerprint density at radius 1 is 0.344 bits per heavy atom. The van der Waals surface area contributed by atoms with Gasteiger partial charge in [-0.05, 0) is 77.0 Å². The molecule has 2 unspecified atom stereocenters.